The number of methoxy groups -OCH3 is 1. The van der Waals surface area contributed by atoms with Gasteiger partial charge >= 0.3 is 11.9 Å². The van der Waals surface area contributed by atoms with E-state index < -0.39 is 0 Å². The van der Waals surface area contributed by atoms with Crippen molar-refractivity contribution in [1.29, 1.82) is 0 Å². The summed E-state index contributed by atoms with van der Waals surface area (Å²) in [6.45, 7) is 9.93. The van der Waals surface area contributed by atoms with Crippen LogP contribution in [0.15, 0.2) is 0 Å². The summed E-state index contributed by atoms with van der Waals surface area (Å²) in [6, 6.07) is 0. The van der Waals surface area contributed by atoms with Gasteiger partial charge in [-0.05, 0) is 70.9 Å². The molecule has 0 fully saturated rings. The molecule has 0 heterocycles. The maximum Gasteiger partial charge on any atom is 0.306 e. The first-order chi connectivity index (χ1) is 23.0. The number of esters is 2. The van der Waals surface area contributed by atoms with Crippen LogP contribution in [0.2, 0.25) is 0 Å². The minimum atomic E-state index is -0.117. The van der Waals surface area contributed by atoms with Crippen molar-refractivity contribution in [2.45, 2.75) is 206 Å². The van der Waals surface area contributed by atoms with E-state index in [1.807, 2.05) is 0 Å². The Kier molecular flexibility index (Phi) is 35.2. The lowest BCUT2D eigenvalue weighted by molar-refractivity contribution is -0.150. The van der Waals surface area contributed by atoms with Crippen molar-refractivity contribution in [3.05, 3.63) is 0 Å². The number of unbranched alkanes of at least 4 members (excludes halogenated alkanes) is 17. The zero-order chi connectivity index (χ0) is 34.6. The molecule has 0 aliphatic rings. The average molecular weight is 670 g/mol. The maximum atomic E-state index is 12.6. The molecule has 0 aliphatic carbocycles. The van der Waals surface area contributed by atoms with Gasteiger partial charge in [-0.3, -0.25) is 9.59 Å². The van der Waals surface area contributed by atoms with E-state index in [0.29, 0.717) is 19.4 Å². The fourth-order valence-electron chi connectivity index (χ4n) is 6.23. The van der Waals surface area contributed by atoms with Crippen LogP contribution in [0.25, 0.3) is 0 Å². The summed E-state index contributed by atoms with van der Waals surface area (Å²) in [5, 5.41) is 9.51. The molecule has 7 heteroatoms. The van der Waals surface area contributed by atoms with E-state index in [-0.39, 0.29) is 30.8 Å². The summed E-state index contributed by atoms with van der Waals surface area (Å²) in [5.41, 5.74) is 0. The summed E-state index contributed by atoms with van der Waals surface area (Å²) in [5.74, 6) is -0.112. The van der Waals surface area contributed by atoms with Gasteiger partial charge in [-0.2, -0.15) is 0 Å². The van der Waals surface area contributed by atoms with Gasteiger partial charge in [0, 0.05) is 26.5 Å². The maximum absolute atomic E-state index is 12.6. The van der Waals surface area contributed by atoms with Gasteiger partial charge in [0.25, 0.3) is 0 Å². The summed E-state index contributed by atoms with van der Waals surface area (Å²) in [7, 11) is 1.67. The van der Waals surface area contributed by atoms with Crippen LogP contribution < -0.4 is 0 Å². The van der Waals surface area contributed by atoms with Gasteiger partial charge in [-0.1, -0.05) is 124 Å². The van der Waals surface area contributed by atoms with Crippen LogP contribution in [-0.2, 0) is 23.8 Å². The van der Waals surface area contributed by atoms with E-state index in [1.165, 1.54) is 70.6 Å². The Balaban J connectivity index is 4.01. The van der Waals surface area contributed by atoms with Crippen molar-refractivity contribution >= 4 is 11.9 Å². The lowest BCUT2D eigenvalue weighted by Gasteiger charge is -2.21. The fourth-order valence-corrected chi connectivity index (χ4v) is 6.23. The summed E-state index contributed by atoms with van der Waals surface area (Å²) in [6.07, 6.45) is 29.9. The third-order valence-electron chi connectivity index (χ3n) is 9.31. The molecule has 0 saturated carbocycles. The van der Waals surface area contributed by atoms with Crippen LogP contribution in [0.5, 0.6) is 0 Å². The van der Waals surface area contributed by atoms with Crippen molar-refractivity contribution in [2.75, 3.05) is 40.0 Å². The highest BCUT2D eigenvalue weighted by Gasteiger charge is 2.14. The standard InChI is InChI=1S/C40H79NO6/c1-5-8-10-12-16-22-29-37(28-21-15-11-9-6-2)47-40(44)31-24-18-14-20-26-33-41(34-35-42)32-25-19-13-17-23-30-39(43)46-36-38(45-4)27-7-3/h37-38,42H,5-36H2,1-4H3. The molecule has 0 amide bonds. The van der Waals surface area contributed by atoms with Crippen molar-refractivity contribution in [3.63, 3.8) is 0 Å². The Labute approximate surface area is 291 Å². The Morgan fingerprint density at radius 2 is 1.00 bits per heavy atom. The molecule has 47 heavy (non-hydrogen) atoms. The number of ether oxygens (including phenoxy) is 3. The molecule has 0 aromatic rings. The van der Waals surface area contributed by atoms with E-state index in [0.717, 1.165) is 110 Å². The second kappa shape index (κ2) is 36.1. The number of rotatable bonds is 37. The topological polar surface area (TPSA) is 85.3 Å². The van der Waals surface area contributed by atoms with Gasteiger partial charge in [0.05, 0.1) is 12.7 Å². The number of aliphatic hydroxyl groups excluding tert-OH is 1. The Hall–Kier alpha value is -1.18. The lowest BCUT2D eigenvalue weighted by Crippen LogP contribution is -2.29. The van der Waals surface area contributed by atoms with E-state index in [9.17, 15) is 14.7 Å². The molecule has 0 aromatic carbocycles. The van der Waals surface area contributed by atoms with Crippen LogP contribution in [-0.4, -0.2) is 74.1 Å². The molecule has 7 nitrogen and oxygen atoms in total. The van der Waals surface area contributed by atoms with E-state index in [1.54, 1.807) is 7.11 Å². The number of carbonyl (C=O) groups is 2. The molecule has 0 saturated heterocycles. The fraction of sp³-hybridized carbons (Fsp3) is 0.950. The number of nitrogens with zero attached hydrogens (tertiary/aromatic N) is 1. The van der Waals surface area contributed by atoms with Crippen LogP contribution in [0.3, 0.4) is 0 Å². The Morgan fingerprint density at radius 1 is 0.532 bits per heavy atom. The highest BCUT2D eigenvalue weighted by molar-refractivity contribution is 5.69. The molecule has 2 atom stereocenters. The van der Waals surface area contributed by atoms with Gasteiger partial charge < -0.3 is 24.2 Å². The van der Waals surface area contributed by atoms with Crippen LogP contribution >= 0.6 is 0 Å². The van der Waals surface area contributed by atoms with E-state index in [2.05, 4.69) is 25.7 Å². The molecule has 0 radical (unpaired) electrons. The number of carbonyl (C=O) groups excluding carboxylic acids is 2. The molecule has 1 N–H and O–H groups in total. The zero-order valence-corrected chi connectivity index (χ0v) is 31.7. The van der Waals surface area contributed by atoms with E-state index in [4.69, 9.17) is 14.2 Å². The second-order valence-corrected chi connectivity index (χ2v) is 13.8. The molecule has 0 rings (SSSR count). The van der Waals surface area contributed by atoms with Gasteiger partial charge in [0.2, 0.25) is 0 Å². The van der Waals surface area contributed by atoms with Crippen LogP contribution in [0.1, 0.15) is 194 Å². The number of hydrogen-bond acceptors (Lipinski definition) is 7. The largest absolute Gasteiger partial charge is 0.463 e. The molecule has 0 spiro atoms. The van der Waals surface area contributed by atoms with Crippen molar-refractivity contribution in [1.82, 2.24) is 4.90 Å². The summed E-state index contributed by atoms with van der Waals surface area (Å²) < 4.78 is 16.7. The monoisotopic (exact) mass is 670 g/mol. The summed E-state index contributed by atoms with van der Waals surface area (Å²) >= 11 is 0. The molecule has 0 aromatic heterocycles. The van der Waals surface area contributed by atoms with Gasteiger partial charge in [0.15, 0.2) is 0 Å². The molecule has 2 unspecified atom stereocenters. The average Bonchev–Trinajstić information content (AvgIpc) is 3.06. The van der Waals surface area contributed by atoms with Crippen molar-refractivity contribution in [3.8, 4) is 0 Å². The molecular weight excluding hydrogens is 590 g/mol. The molecule has 0 bridgehead atoms. The first kappa shape index (κ1) is 45.8. The Bertz CT molecular complexity index is 675. The number of aliphatic hydroxyl groups is 1. The highest BCUT2D eigenvalue weighted by Crippen LogP contribution is 2.18. The molecule has 280 valence electrons. The number of hydrogen-bond donors (Lipinski definition) is 1. The summed E-state index contributed by atoms with van der Waals surface area (Å²) in [4.78, 5) is 27.0. The highest BCUT2D eigenvalue weighted by atomic mass is 16.6. The second-order valence-electron chi connectivity index (χ2n) is 13.8. The van der Waals surface area contributed by atoms with Crippen molar-refractivity contribution < 1.29 is 28.9 Å². The predicted molar refractivity (Wildman–Crippen MR) is 197 cm³/mol. The normalized spacial score (nSPS) is 12.8. The molecule has 0 aliphatic heterocycles. The first-order valence-electron chi connectivity index (χ1n) is 20.2. The van der Waals surface area contributed by atoms with Gasteiger partial charge in [-0.15, -0.1) is 0 Å². The van der Waals surface area contributed by atoms with E-state index >= 15 is 0 Å². The van der Waals surface area contributed by atoms with Gasteiger partial charge in [0.1, 0.15) is 12.7 Å². The van der Waals surface area contributed by atoms with Gasteiger partial charge in [-0.25, -0.2) is 0 Å². The van der Waals surface area contributed by atoms with Crippen LogP contribution in [0, 0.1) is 0 Å². The molecular formula is C40H79NO6. The SMILES string of the molecule is CCCCCCCCC(CCCCCCC)OC(=O)CCCCCCCN(CCO)CCCCCCCC(=O)OCC(CCC)OC. The smallest absolute Gasteiger partial charge is 0.306 e. The zero-order valence-electron chi connectivity index (χ0n) is 31.7. The minimum Gasteiger partial charge on any atom is -0.463 e. The quantitative estimate of drug-likeness (QED) is 0.0520. The third kappa shape index (κ3) is 31.8. The van der Waals surface area contributed by atoms with Crippen molar-refractivity contribution in [2.24, 2.45) is 0 Å². The lowest BCUT2D eigenvalue weighted by atomic mass is 10.0. The van der Waals surface area contributed by atoms with Crippen LogP contribution in [0.4, 0.5) is 0 Å². The minimum absolute atomic E-state index is 0.00576. The Morgan fingerprint density at radius 3 is 1.49 bits per heavy atom. The third-order valence-corrected chi connectivity index (χ3v) is 9.31. The first-order valence-corrected chi connectivity index (χ1v) is 20.2. The predicted octanol–water partition coefficient (Wildman–Crippen LogP) is 10.3.